The molecular formula is C20H24ClN3O6S2. The molecular weight excluding hydrogens is 478 g/mol. The van der Waals surface area contributed by atoms with Gasteiger partial charge in [-0.3, -0.25) is 14.4 Å². The van der Waals surface area contributed by atoms with Gasteiger partial charge in [-0.15, -0.1) is 0 Å². The van der Waals surface area contributed by atoms with Crippen LogP contribution < -0.4 is 4.80 Å². The molecule has 2 heterocycles. The number of esters is 1. The number of methoxy groups -OCH3 is 1. The number of likely N-dealkylation sites (tertiary alicyclic amines) is 1. The van der Waals surface area contributed by atoms with Crippen molar-refractivity contribution in [2.24, 2.45) is 4.99 Å². The van der Waals surface area contributed by atoms with E-state index in [1.54, 1.807) is 23.1 Å². The van der Waals surface area contributed by atoms with E-state index in [1.165, 1.54) is 11.7 Å². The maximum atomic E-state index is 12.5. The molecule has 0 saturated carbocycles. The van der Waals surface area contributed by atoms with E-state index in [2.05, 4.69) is 4.99 Å². The predicted octanol–water partition coefficient (Wildman–Crippen LogP) is 1.77. The monoisotopic (exact) mass is 501 g/mol. The molecule has 2 amide bonds. The van der Waals surface area contributed by atoms with Crippen molar-refractivity contribution in [3.63, 3.8) is 0 Å². The van der Waals surface area contributed by atoms with Gasteiger partial charge in [0.05, 0.1) is 17.3 Å². The van der Waals surface area contributed by atoms with Crippen LogP contribution in [0.2, 0.25) is 5.02 Å². The summed E-state index contributed by atoms with van der Waals surface area (Å²) in [4.78, 5) is 42.4. The van der Waals surface area contributed by atoms with Gasteiger partial charge in [-0.25, -0.2) is 8.42 Å². The number of nitrogens with zero attached hydrogens (tertiary/aromatic N) is 3. The summed E-state index contributed by atoms with van der Waals surface area (Å²) in [5.41, 5.74) is 0.605. The highest BCUT2D eigenvalue weighted by molar-refractivity contribution is 7.92. The van der Waals surface area contributed by atoms with E-state index in [1.807, 2.05) is 6.92 Å². The molecule has 0 N–H and O–H groups in total. The molecule has 2 aromatic rings. The SMILES string of the molecule is COC(=O)Cn1c(=NC(=O)CS(=O)(=O)CC(=O)N2CCCCC2C)sc2cc(Cl)ccc21. The number of benzene rings is 1. The molecule has 0 aliphatic carbocycles. The highest BCUT2D eigenvalue weighted by Crippen LogP contribution is 2.22. The average Bonchev–Trinajstić information content (AvgIpc) is 3.02. The van der Waals surface area contributed by atoms with Crippen molar-refractivity contribution in [2.45, 2.75) is 38.8 Å². The Balaban J connectivity index is 1.83. The van der Waals surface area contributed by atoms with Gasteiger partial charge in [-0.1, -0.05) is 22.9 Å². The number of hydrogen-bond donors (Lipinski definition) is 0. The number of carbonyl (C=O) groups excluding carboxylic acids is 3. The topological polar surface area (TPSA) is 115 Å². The van der Waals surface area contributed by atoms with Gasteiger partial charge in [0.15, 0.2) is 14.6 Å². The first-order valence-electron chi connectivity index (χ1n) is 10.0. The van der Waals surface area contributed by atoms with Crippen LogP contribution in [-0.2, 0) is 35.5 Å². The van der Waals surface area contributed by atoms with Crippen LogP contribution in [0.5, 0.6) is 0 Å². The first-order chi connectivity index (χ1) is 15.1. The number of piperidine rings is 1. The number of fused-ring (bicyclic) bond motifs is 1. The normalized spacial score (nSPS) is 17.5. The van der Waals surface area contributed by atoms with E-state index in [-0.39, 0.29) is 17.4 Å². The zero-order valence-corrected chi connectivity index (χ0v) is 20.1. The third-order valence-corrected chi connectivity index (χ3v) is 7.84. The zero-order valence-electron chi connectivity index (χ0n) is 17.7. The second-order valence-electron chi connectivity index (χ2n) is 7.63. The first kappa shape index (κ1) is 24.4. The molecule has 1 fully saturated rings. The van der Waals surface area contributed by atoms with Crippen LogP contribution in [0.15, 0.2) is 23.2 Å². The van der Waals surface area contributed by atoms with Crippen LogP contribution in [-0.4, -0.2) is 66.9 Å². The molecule has 0 spiro atoms. The molecule has 9 nitrogen and oxygen atoms in total. The molecule has 1 atom stereocenters. The average molecular weight is 502 g/mol. The minimum atomic E-state index is -4.00. The van der Waals surface area contributed by atoms with Gasteiger partial charge in [-0.2, -0.15) is 4.99 Å². The Hall–Kier alpha value is -2.24. The smallest absolute Gasteiger partial charge is 0.325 e. The quantitative estimate of drug-likeness (QED) is 0.557. The lowest BCUT2D eigenvalue weighted by atomic mass is 10.0. The first-order valence-corrected chi connectivity index (χ1v) is 13.0. The van der Waals surface area contributed by atoms with E-state index < -0.39 is 39.1 Å². The molecule has 12 heteroatoms. The third kappa shape index (κ3) is 5.96. The Morgan fingerprint density at radius 2 is 2.00 bits per heavy atom. The summed E-state index contributed by atoms with van der Waals surface area (Å²) >= 11 is 7.12. The Morgan fingerprint density at radius 3 is 2.69 bits per heavy atom. The molecule has 1 aromatic carbocycles. The van der Waals surface area contributed by atoms with E-state index in [0.717, 1.165) is 30.6 Å². The highest BCUT2D eigenvalue weighted by atomic mass is 35.5. The zero-order chi connectivity index (χ0) is 23.5. The largest absolute Gasteiger partial charge is 0.468 e. The van der Waals surface area contributed by atoms with Gasteiger partial charge in [0.2, 0.25) is 5.91 Å². The number of sulfone groups is 1. The fraction of sp³-hybridized carbons (Fsp3) is 0.500. The predicted molar refractivity (Wildman–Crippen MR) is 121 cm³/mol. The molecule has 1 aromatic heterocycles. The van der Waals surface area contributed by atoms with E-state index in [9.17, 15) is 22.8 Å². The summed E-state index contributed by atoms with van der Waals surface area (Å²) in [5.74, 6) is -3.60. The molecule has 32 heavy (non-hydrogen) atoms. The molecule has 1 aliphatic rings. The van der Waals surface area contributed by atoms with Crippen LogP contribution in [0.3, 0.4) is 0 Å². The maximum Gasteiger partial charge on any atom is 0.325 e. The molecule has 174 valence electrons. The Morgan fingerprint density at radius 1 is 1.25 bits per heavy atom. The highest BCUT2D eigenvalue weighted by Gasteiger charge is 2.28. The van der Waals surface area contributed by atoms with Crippen molar-refractivity contribution in [1.29, 1.82) is 0 Å². The number of hydrogen-bond acceptors (Lipinski definition) is 7. The number of carbonyl (C=O) groups is 3. The van der Waals surface area contributed by atoms with Gasteiger partial charge in [0.1, 0.15) is 18.1 Å². The van der Waals surface area contributed by atoms with Crippen molar-refractivity contribution < 1.29 is 27.5 Å². The molecule has 1 unspecified atom stereocenters. The lowest BCUT2D eigenvalue weighted by Crippen LogP contribution is -2.45. The third-order valence-electron chi connectivity index (χ3n) is 5.19. The number of thiazole rings is 1. The maximum absolute atomic E-state index is 12.5. The molecule has 1 saturated heterocycles. The number of amides is 2. The summed E-state index contributed by atoms with van der Waals surface area (Å²) in [6.07, 6.45) is 2.66. The van der Waals surface area contributed by atoms with E-state index in [0.29, 0.717) is 21.8 Å². The minimum Gasteiger partial charge on any atom is -0.468 e. The summed E-state index contributed by atoms with van der Waals surface area (Å²) in [6.45, 7) is 2.20. The van der Waals surface area contributed by atoms with E-state index in [4.69, 9.17) is 16.3 Å². The summed E-state index contributed by atoms with van der Waals surface area (Å²) in [6, 6.07) is 4.95. The number of halogens is 1. The second-order valence-corrected chi connectivity index (χ2v) is 11.1. The number of ether oxygens (including phenoxy) is 1. The van der Waals surface area contributed by atoms with Crippen molar-refractivity contribution >= 4 is 60.8 Å². The van der Waals surface area contributed by atoms with Crippen molar-refractivity contribution in [3.05, 3.63) is 28.0 Å². The fourth-order valence-corrected chi connectivity index (χ4v) is 6.00. The summed E-state index contributed by atoms with van der Waals surface area (Å²) in [7, 11) is -2.76. The van der Waals surface area contributed by atoms with Gasteiger partial charge in [0.25, 0.3) is 5.91 Å². The van der Waals surface area contributed by atoms with Crippen LogP contribution in [0.4, 0.5) is 0 Å². The van der Waals surface area contributed by atoms with Crippen molar-refractivity contribution in [1.82, 2.24) is 9.47 Å². The van der Waals surface area contributed by atoms with Gasteiger partial charge < -0.3 is 14.2 Å². The van der Waals surface area contributed by atoms with Crippen LogP contribution >= 0.6 is 22.9 Å². The molecule has 1 aliphatic heterocycles. The fourth-order valence-electron chi connectivity index (χ4n) is 3.60. The van der Waals surface area contributed by atoms with Crippen molar-refractivity contribution in [3.8, 4) is 0 Å². The molecule has 0 bridgehead atoms. The summed E-state index contributed by atoms with van der Waals surface area (Å²) in [5, 5.41) is 0.467. The Bertz CT molecular complexity index is 1220. The summed E-state index contributed by atoms with van der Waals surface area (Å²) < 4.78 is 31.8. The second kappa shape index (κ2) is 10.1. The van der Waals surface area contributed by atoms with Crippen LogP contribution in [0.25, 0.3) is 10.2 Å². The van der Waals surface area contributed by atoms with Crippen LogP contribution in [0.1, 0.15) is 26.2 Å². The van der Waals surface area contributed by atoms with Crippen LogP contribution in [0, 0.1) is 0 Å². The van der Waals surface area contributed by atoms with Crippen molar-refractivity contribution in [2.75, 3.05) is 25.2 Å². The molecule has 0 radical (unpaired) electrons. The Labute approximate surface area is 194 Å². The van der Waals surface area contributed by atoms with Gasteiger partial charge in [0, 0.05) is 17.6 Å². The van der Waals surface area contributed by atoms with Gasteiger partial charge in [-0.05, 0) is 44.4 Å². The van der Waals surface area contributed by atoms with E-state index >= 15 is 0 Å². The minimum absolute atomic E-state index is 0.0190. The number of aromatic nitrogens is 1. The standard InChI is InChI=1S/C20H24ClN3O6S2/c1-13-5-3-4-8-23(13)18(26)12-32(28,29)11-17(25)22-20-24(10-19(27)30-2)15-7-6-14(21)9-16(15)31-20/h6-7,9,13H,3-5,8,10-12H2,1-2H3. The number of rotatable bonds is 6. The lowest BCUT2D eigenvalue weighted by molar-refractivity contribution is -0.141. The lowest BCUT2D eigenvalue weighted by Gasteiger charge is -2.33. The van der Waals surface area contributed by atoms with Gasteiger partial charge >= 0.3 is 5.97 Å². The molecule has 3 rings (SSSR count). The Kier molecular flexibility index (Phi) is 7.73.